The second-order valence-electron chi connectivity index (χ2n) is 9.33. The number of piperidine rings is 1. The Labute approximate surface area is 202 Å². The Morgan fingerprint density at radius 2 is 1.32 bits per heavy atom. The molecule has 4 heteroatoms. The number of nitrogens with zero attached hydrogens (tertiary/aromatic N) is 1. The molecule has 1 unspecified atom stereocenters. The molecule has 0 aliphatic carbocycles. The summed E-state index contributed by atoms with van der Waals surface area (Å²) in [5, 5.41) is 9.44. The number of ketones is 2. The smallest absolute Gasteiger partial charge is 0.167 e. The van der Waals surface area contributed by atoms with E-state index in [0.717, 1.165) is 16.7 Å². The second kappa shape index (κ2) is 10.9. The van der Waals surface area contributed by atoms with Crippen molar-refractivity contribution in [2.75, 3.05) is 26.2 Å². The molecular formula is C30H33NO3. The quantitative estimate of drug-likeness (QED) is 0.481. The van der Waals surface area contributed by atoms with Gasteiger partial charge in [-0.05, 0) is 37.0 Å². The minimum absolute atomic E-state index is 0.0751. The summed E-state index contributed by atoms with van der Waals surface area (Å²) in [7, 11) is 0. The molecule has 0 aromatic heterocycles. The summed E-state index contributed by atoms with van der Waals surface area (Å²) in [6.45, 7) is 6.07. The van der Waals surface area contributed by atoms with Crippen molar-refractivity contribution in [1.29, 1.82) is 0 Å². The standard InChI is InChI=1S/C30H33NO3/c1-21-11-9-16-25(22(21)2)28-26(29(33)23-12-5-3-6-13-23)19-31(17-10-18-32)20-27(28)30(34)24-14-7-4-8-15-24/h3-9,11-16,26-28,32H,10,17-20H2,1-2H3/t26-,27+,28?. The molecule has 1 N–H and O–H groups in total. The Balaban J connectivity index is 1.83. The maximum Gasteiger partial charge on any atom is 0.167 e. The largest absolute Gasteiger partial charge is 0.396 e. The number of aryl methyl sites for hydroxylation is 1. The average Bonchev–Trinajstić information content (AvgIpc) is 2.89. The Morgan fingerprint density at radius 1 is 0.794 bits per heavy atom. The van der Waals surface area contributed by atoms with Gasteiger partial charge in [-0.3, -0.25) is 9.59 Å². The van der Waals surface area contributed by atoms with E-state index in [0.29, 0.717) is 37.2 Å². The van der Waals surface area contributed by atoms with Crippen molar-refractivity contribution in [3.8, 4) is 0 Å². The highest BCUT2D eigenvalue weighted by molar-refractivity contribution is 6.02. The normalized spacial score (nSPS) is 20.7. The van der Waals surface area contributed by atoms with E-state index in [9.17, 15) is 14.7 Å². The first-order valence-electron chi connectivity index (χ1n) is 12.1. The predicted molar refractivity (Wildman–Crippen MR) is 135 cm³/mol. The molecule has 1 fully saturated rings. The summed E-state index contributed by atoms with van der Waals surface area (Å²) in [5.41, 5.74) is 4.76. The van der Waals surface area contributed by atoms with Gasteiger partial charge in [-0.15, -0.1) is 0 Å². The molecule has 34 heavy (non-hydrogen) atoms. The number of Topliss-reactive ketones (excluding diaryl/α,β-unsaturated/α-hetero) is 2. The van der Waals surface area contributed by atoms with Gasteiger partial charge in [0.15, 0.2) is 11.6 Å². The number of hydrogen-bond donors (Lipinski definition) is 1. The van der Waals surface area contributed by atoms with Crippen LogP contribution in [0.25, 0.3) is 0 Å². The van der Waals surface area contributed by atoms with Crippen LogP contribution >= 0.6 is 0 Å². The molecule has 4 rings (SSSR count). The fourth-order valence-corrected chi connectivity index (χ4v) is 5.31. The van der Waals surface area contributed by atoms with E-state index in [-0.39, 0.29) is 35.9 Å². The zero-order chi connectivity index (χ0) is 24.1. The van der Waals surface area contributed by atoms with E-state index in [1.807, 2.05) is 66.7 Å². The number of likely N-dealkylation sites (tertiary alicyclic amines) is 1. The van der Waals surface area contributed by atoms with Crippen LogP contribution in [0.4, 0.5) is 0 Å². The second-order valence-corrected chi connectivity index (χ2v) is 9.33. The van der Waals surface area contributed by atoms with Crippen LogP contribution in [0.2, 0.25) is 0 Å². The molecule has 3 aromatic rings. The average molecular weight is 456 g/mol. The number of carbonyl (C=O) groups is 2. The number of benzene rings is 3. The molecule has 0 bridgehead atoms. The van der Waals surface area contributed by atoms with Gasteiger partial charge in [0.2, 0.25) is 0 Å². The molecule has 1 heterocycles. The van der Waals surface area contributed by atoms with Crippen LogP contribution < -0.4 is 0 Å². The van der Waals surface area contributed by atoms with Crippen LogP contribution in [0.3, 0.4) is 0 Å². The van der Waals surface area contributed by atoms with Crippen molar-refractivity contribution in [2.45, 2.75) is 26.2 Å². The molecule has 1 saturated heterocycles. The highest BCUT2D eigenvalue weighted by Crippen LogP contribution is 2.42. The third-order valence-corrected chi connectivity index (χ3v) is 7.21. The highest BCUT2D eigenvalue weighted by Gasteiger charge is 2.45. The van der Waals surface area contributed by atoms with Crippen LogP contribution in [-0.4, -0.2) is 47.8 Å². The first kappa shape index (κ1) is 24.1. The molecule has 0 spiro atoms. The lowest BCUT2D eigenvalue weighted by molar-refractivity contribution is 0.0559. The number of aliphatic hydroxyl groups excluding tert-OH is 1. The Bertz CT molecular complexity index is 1060. The van der Waals surface area contributed by atoms with Crippen molar-refractivity contribution in [2.24, 2.45) is 11.8 Å². The molecular weight excluding hydrogens is 422 g/mol. The van der Waals surface area contributed by atoms with Gasteiger partial charge in [-0.25, -0.2) is 0 Å². The fourth-order valence-electron chi connectivity index (χ4n) is 5.31. The van der Waals surface area contributed by atoms with Gasteiger partial charge in [-0.2, -0.15) is 0 Å². The molecule has 0 amide bonds. The zero-order valence-electron chi connectivity index (χ0n) is 20.0. The van der Waals surface area contributed by atoms with E-state index >= 15 is 0 Å². The van der Waals surface area contributed by atoms with Crippen LogP contribution in [0.5, 0.6) is 0 Å². The topological polar surface area (TPSA) is 57.6 Å². The molecule has 176 valence electrons. The lowest BCUT2D eigenvalue weighted by Gasteiger charge is -2.43. The van der Waals surface area contributed by atoms with Gasteiger partial charge in [0.25, 0.3) is 0 Å². The summed E-state index contributed by atoms with van der Waals surface area (Å²) in [5.74, 6) is -0.774. The van der Waals surface area contributed by atoms with Crippen molar-refractivity contribution in [3.05, 3.63) is 107 Å². The van der Waals surface area contributed by atoms with Crippen molar-refractivity contribution < 1.29 is 14.7 Å². The maximum atomic E-state index is 13.9. The lowest BCUT2D eigenvalue weighted by atomic mass is 9.67. The van der Waals surface area contributed by atoms with Crippen molar-refractivity contribution in [1.82, 2.24) is 4.90 Å². The van der Waals surface area contributed by atoms with Gasteiger partial charge in [0, 0.05) is 55.1 Å². The van der Waals surface area contributed by atoms with E-state index in [1.165, 1.54) is 0 Å². The van der Waals surface area contributed by atoms with Crippen LogP contribution in [-0.2, 0) is 0 Å². The summed E-state index contributed by atoms with van der Waals surface area (Å²) in [6.07, 6.45) is 0.618. The minimum Gasteiger partial charge on any atom is -0.396 e. The number of carbonyl (C=O) groups excluding carboxylic acids is 2. The van der Waals surface area contributed by atoms with E-state index in [4.69, 9.17) is 0 Å². The predicted octanol–water partition coefficient (Wildman–Crippen LogP) is 5.08. The molecule has 4 nitrogen and oxygen atoms in total. The minimum atomic E-state index is -0.354. The van der Waals surface area contributed by atoms with Gasteiger partial charge in [-0.1, -0.05) is 78.9 Å². The van der Waals surface area contributed by atoms with Gasteiger partial charge in [0.1, 0.15) is 0 Å². The summed E-state index contributed by atoms with van der Waals surface area (Å²) in [4.78, 5) is 30.0. The van der Waals surface area contributed by atoms with Crippen molar-refractivity contribution in [3.63, 3.8) is 0 Å². The highest BCUT2D eigenvalue weighted by atomic mass is 16.3. The molecule has 1 aliphatic heterocycles. The van der Waals surface area contributed by atoms with E-state index in [2.05, 4.69) is 30.9 Å². The molecule has 3 aromatic carbocycles. The summed E-state index contributed by atoms with van der Waals surface area (Å²) >= 11 is 0. The fraction of sp³-hybridized carbons (Fsp3) is 0.333. The third kappa shape index (κ3) is 5.03. The molecule has 0 saturated carbocycles. The monoisotopic (exact) mass is 455 g/mol. The molecule has 0 radical (unpaired) electrons. The Morgan fingerprint density at radius 3 is 1.82 bits per heavy atom. The van der Waals surface area contributed by atoms with Crippen molar-refractivity contribution >= 4 is 11.6 Å². The molecule has 1 aliphatic rings. The summed E-state index contributed by atoms with van der Waals surface area (Å²) in [6, 6.07) is 25.0. The van der Waals surface area contributed by atoms with E-state index in [1.54, 1.807) is 0 Å². The Hall–Kier alpha value is -3.08. The van der Waals surface area contributed by atoms with Crippen LogP contribution in [0, 0.1) is 25.7 Å². The first-order valence-corrected chi connectivity index (χ1v) is 12.1. The maximum absolute atomic E-state index is 13.9. The van der Waals surface area contributed by atoms with Gasteiger partial charge >= 0.3 is 0 Å². The van der Waals surface area contributed by atoms with Crippen LogP contribution in [0.1, 0.15) is 49.7 Å². The zero-order valence-corrected chi connectivity index (χ0v) is 20.0. The van der Waals surface area contributed by atoms with Gasteiger partial charge < -0.3 is 10.0 Å². The third-order valence-electron chi connectivity index (χ3n) is 7.21. The first-order chi connectivity index (χ1) is 16.5. The Kier molecular flexibility index (Phi) is 7.71. The van der Waals surface area contributed by atoms with Crippen LogP contribution in [0.15, 0.2) is 78.9 Å². The number of aliphatic hydroxyl groups is 1. The molecule has 3 atom stereocenters. The number of hydrogen-bond acceptors (Lipinski definition) is 4. The van der Waals surface area contributed by atoms with E-state index < -0.39 is 0 Å². The SMILES string of the molecule is Cc1cccc(C2[C@@H](C(=O)c3ccccc3)CN(CCCO)C[C@H]2C(=O)c2ccccc2)c1C. The van der Waals surface area contributed by atoms with Gasteiger partial charge in [0.05, 0.1) is 0 Å². The summed E-state index contributed by atoms with van der Waals surface area (Å²) < 4.78 is 0. The lowest BCUT2D eigenvalue weighted by Crippen LogP contribution is -2.50. The number of rotatable bonds is 8.